The fourth-order valence-electron chi connectivity index (χ4n) is 1.00. The van der Waals surface area contributed by atoms with Crippen LogP contribution in [0.15, 0.2) is 34.4 Å². The van der Waals surface area contributed by atoms with Gasteiger partial charge in [0.2, 0.25) is 0 Å². The van der Waals surface area contributed by atoms with Crippen molar-refractivity contribution >= 4 is 45.2 Å². The summed E-state index contributed by atoms with van der Waals surface area (Å²) in [5.41, 5.74) is -0.0658. The lowest BCUT2D eigenvalue weighted by Crippen LogP contribution is -2.12. The molecule has 0 radical (unpaired) electrons. The number of hydrogen-bond donors (Lipinski definition) is 3. The van der Waals surface area contributed by atoms with E-state index in [0.29, 0.717) is 21.3 Å². The molecule has 7 heteroatoms. The largest absolute Gasteiger partial charge is 0.478 e. The topological polar surface area (TPSA) is 86.6 Å². The molecule has 0 amide bonds. The highest BCUT2D eigenvalue weighted by Crippen LogP contribution is 2.26. The molecule has 5 nitrogen and oxygen atoms in total. The van der Waals surface area contributed by atoms with E-state index in [0.717, 1.165) is 0 Å². The van der Waals surface area contributed by atoms with Crippen molar-refractivity contribution in [2.24, 2.45) is 0 Å². The van der Waals surface area contributed by atoms with Crippen LogP contribution in [0.2, 0.25) is 5.02 Å². The van der Waals surface area contributed by atoms with Crippen LogP contribution in [0.1, 0.15) is 0 Å². The highest BCUT2D eigenvalue weighted by molar-refractivity contribution is 9.10. The molecule has 0 bridgehead atoms. The first-order valence-corrected chi connectivity index (χ1v) is 5.47. The smallest absolute Gasteiger partial charge is 0.352 e. The van der Waals surface area contributed by atoms with Crippen LogP contribution < -0.4 is 5.32 Å². The van der Waals surface area contributed by atoms with Gasteiger partial charge >= 0.3 is 11.9 Å². The lowest BCUT2D eigenvalue weighted by Gasteiger charge is -2.07. The van der Waals surface area contributed by atoms with Crippen LogP contribution in [0.4, 0.5) is 5.69 Å². The Morgan fingerprint density at radius 1 is 1.35 bits per heavy atom. The predicted octanol–water partition coefficient (Wildman–Crippen LogP) is 2.57. The van der Waals surface area contributed by atoms with Gasteiger partial charge in [-0.2, -0.15) is 0 Å². The van der Waals surface area contributed by atoms with Crippen molar-refractivity contribution in [3.63, 3.8) is 0 Å². The third-order valence-corrected chi connectivity index (χ3v) is 2.93. The predicted molar refractivity (Wildman–Crippen MR) is 66.1 cm³/mol. The van der Waals surface area contributed by atoms with E-state index in [-0.39, 0.29) is 0 Å². The second-order valence-electron chi connectivity index (χ2n) is 2.96. The summed E-state index contributed by atoms with van der Waals surface area (Å²) in [4.78, 5) is 21.2. The molecule has 0 heterocycles. The number of carbonyl (C=O) groups is 2. The summed E-state index contributed by atoms with van der Waals surface area (Å²) in [5, 5.41) is 20.1. The Hall–Kier alpha value is -1.53. The fraction of sp³-hybridized carbons (Fsp3) is 0. The fourth-order valence-corrected chi connectivity index (χ4v) is 1.43. The average molecular weight is 321 g/mol. The monoisotopic (exact) mass is 319 g/mol. The highest BCUT2D eigenvalue weighted by atomic mass is 79.9. The van der Waals surface area contributed by atoms with Crippen molar-refractivity contribution in [1.29, 1.82) is 0 Å². The Morgan fingerprint density at radius 2 is 2.00 bits per heavy atom. The van der Waals surface area contributed by atoms with Gasteiger partial charge < -0.3 is 15.5 Å². The highest BCUT2D eigenvalue weighted by Gasteiger charge is 2.10. The van der Waals surface area contributed by atoms with E-state index < -0.39 is 17.6 Å². The SMILES string of the molecule is O=C(O)/C=C(\Nc1ccc(Br)c(Cl)c1)C(=O)O. The number of nitrogens with one attached hydrogen (secondary N) is 1. The minimum Gasteiger partial charge on any atom is -0.478 e. The second-order valence-corrected chi connectivity index (χ2v) is 4.22. The Labute approximate surface area is 110 Å². The van der Waals surface area contributed by atoms with Crippen LogP contribution in [0.25, 0.3) is 0 Å². The summed E-state index contributed by atoms with van der Waals surface area (Å²) in [5.74, 6) is -2.72. The van der Waals surface area contributed by atoms with Gasteiger partial charge in [0, 0.05) is 10.2 Å². The van der Waals surface area contributed by atoms with E-state index in [1.165, 1.54) is 6.07 Å². The van der Waals surface area contributed by atoms with Crippen molar-refractivity contribution in [2.75, 3.05) is 5.32 Å². The molecule has 1 aromatic rings. The first kappa shape index (κ1) is 13.5. The summed E-state index contributed by atoms with van der Waals surface area (Å²) in [6.45, 7) is 0. The van der Waals surface area contributed by atoms with Crippen LogP contribution in [-0.2, 0) is 9.59 Å². The number of aliphatic carboxylic acids is 2. The number of benzene rings is 1. The van der Waals surface area contributed by atoms with Crippen molar-refractivity contribution in [3.8, 4) is 0 Å². The molecule has 17 heavy (non-hydrogen) atoms. The molecule has 0 saturated heterocycles. The molecular weight excluding hydrogens is 313 g/mol. The lowest BCUT2D eigenvalue weighted by atomic mass is 10.3. The van der Waals surface area contributed by atoms with Gasteiger partial charge in [-0.15, -0.1) is 0 Å². The Balaban J connectivity index is 2.98. The Morgan fingerprint density at radius 3 is 2.47 bits per heavy atom. The molecular formula is C10H7BrClNO4. The van der Waals surface area contributed by atoms with Crippen molar-refractivity contribution in [1.82, 2.24) is 0 Å². The maximum atomic E-state index is 10.8. The average Bonchev–Trinajstić information content (AvgIpc) is 2.21. The van der Waals surface area contributed by atoms with Gasteiger partial charge in [-0.1, -0.05) is 11.6 Å². The molecule has 0 aromatic heterocycles. The van der Waals surface area contributed by atoms with E-state index in [2.05, 4.69) is 21.2 Å². The molecule has 0 atom stereocenters. The van der Waals surface area contributed by atoms with Crippen LogP contribution in [0, 0.1) is 0 Å². The number of rotatable bonds is 4. The summed E-state index contributed by atoms with van der Waals surface area (Å²) in [6, 6.07) is 4.66. The third kappa shape index (κ3) is 4.08. The quantitative estimate of drug-likeness (QED) is 0.742. The van der Waals surface area contributed by atoms with E-state index in [9.17, 15) is 9.59 Å². The molecule has 0 unspecified atom stereocenters. The summed E-state index contributed by atoms with van der Waals surface area (Å²) >= 11 is 8.99. The summed E-state index contributed by atoms with van der Waals surface area (Å²) in [6.07, 6.45) is 0.568. The lowest BCUT2D eigenvalue weighted by molar-refractivity contribution is -0.134. The molecule has 0 fully saturated rings. The van der Waals surface area contributed by atoms with Gasteiger partial charge in [-0.05, 0) is 34.1 Å². The van der Waals surface area contributed by atoms with E-state index >= 15 is 0 Å². The van der Waals surface area contributed by atoms with Gasteiger partial charge in [0.05, 0.1) is 11.1 Å². The van der Waals surface area contributed by atoms with Crippen LogP contribution >= 0.6 is 27.5 Å². The minimum absolute atomic E-state index is 0.383. The molecule has 0 aliphatic heterocycles. The van der Waals surface area contributed by atoms with Gasteiger partial charge in [0.25, 0.3) is 0 Å². The summed E-state index contributed by atoms with van der Waals surface area (Å²) < 4.78 is 0.656. The second kappa shape index (κ2) is 5.70. The molecule has 1 aromatic carbocycles. The van der Waals surface area contributed by atoms with Gasteiger partial charge in [-0.3, -0.25) is 0 Å². The van der Waals surface area contributed by atoms with Gasteiger partial charge in [-0.25, -0.2) is 9.59 Å². The summed E-state index contributed by atoms with van der Waals surface area (Å²) in [7, 11) is 0. The van der Waals surface area contributed by atoms with Crippen LogP contribution in [-0.4, -0.2) is 22.2 Å². The molecule has 0 saturated carbocycles. The minimum atomic E-state index is -1.37. The maximum absolute atomic E-state index is 10.8. The molecule has 0 spiro atoms. The molecule has 1 rings (SSSR count). The Bertz CT molecular complexity index is 501. The van der Waals surface area contributed by atoms with Gasteiger partial charge in [0.1, 0.15) is 5.70 Å². The number of halogens is 2. The maximum Gasteiger partial charge on any atom is 0.352 e. The van der Waals surface area contributed by atoms with E-state index in [1.54, 1.807) is 12.1 Å². The van der Waals surface area contributed by atoms with Crippen molar-refractivity contribution in [2.45, 2.75) is 0 Å². The normalized spacial score (nSPS) is 11.1. The Kier molecular flexibility index (Phi) is 4.53. The third-order valence-electron chi connectivity index (χ3n) is 1.70. The first-order valence-electron chi connectivity index (χ1n) is 4.30. The zero-order chi connectivity index (χ0) is 13.0. The number of hydrogen-bond acceptors (Lipinski definition) is 3. The first-order chi connectivity index (χ1) is 7.90. The van der Waals surface area contributed by atoms with Crippen molar-refractivity contribution < 1.29 is 19.8 Å². The molecule has 0 aliphatic rings. The van der Waals surface area contributed by atoms with Crippen LogP contribution in [0.5, 0.6) is 0 Å². The standard InChI is InChI=1S/C10H7BrClNO4/c11-6-2-1-5(3-7(6)12)13-8(10(16)17)4-9(14)15/h1-4,13H,(H,14,15)(H,16,17)/b8-4-. The zero-order valence-electron chi connectivity index (χ0n) is 8.28. The van der Waals surface area contributed by atoms with Crippen molar-refractivity contribution in [3.05, 3.63) is 39.5 Å². The van der Waals surface area contributed by atoms with Gasteiger partial charge in [0.15, 0.2) is 0 Å². The molecule has 90 valence electrons. The molecule has 3 N–H and O–H groups in total. The number of anilines is 1. The van der Waals surface area contributed by atoms with E-state index in [1.807, 2.05) is 0 Å². The number of carboxylic acids is 2. The van der Waals surface area contributed by atoms with Crippen LogP contribution in [0.3, 0.4) is 0 Å². The number of carboxylic acid groups (broad SMARTS) is 2. The van der Waals surface area contributed by atoms with E-state index in [4.69, 9.17) is 21.8 Å². The zero-order valence-corrected chi connectivity index (χ0v) is 10.6. The molecule has 0 aliphatic carbocycles.